The van der Waals surface area contributed by atoms with Gasteiger partial charge in [-0.25, -0.2) is 4.79 Å². The van der Waals surface area contributed by atoms with Crippen molar-refractivity contribution in [2.75, 3.05) is 13.1 Å². The van der Waals surface area contributed by atoms with Gasteiger partial charge in [-0.1, -0.05) is 15.9 Å². The van der Waals surface area contributed by atoms with Crippen LogP contribution in [0.2, 0.25) is 0 Å². The normalized spacial score (nSPS) is 17.4. The standard InChI is InChI=1S/C15H17BrN2O4/c1-9-7-10(16)4-5-11(9)14(20)17-8-13(19)18-6-2-3-12(18)15(21)22/h4-5,7,12H,2-3,6,8H2,1H3,(H,17,20)(H,21,22). The van der Waals surface area contributed by atoms with E-state index < -0.39 is 12.0 Å². The van der Waals surface area contributed by atoms with Gasteiger partial charge in [-0.05, 0) is 43.5 Å². The molecule has 1 aliphatic heterocycles. The highest BCUT2D eigenvalue weighted by Gasteiger charge is 2.33. The topological polar surface area (TPSA) is 86.7 Å². The highest BCUT2D eigenvalue weighted by molar-refractivity contribution is 9.10. The van der Waals surface area contributed by atoms with E-state index in [1.54, 1.807) is 12.1 Å². The summed E-state index contributed by atoms with van der Waals surface area (Å²) in [5.74, 6) is -1.71. The van der Waals surface area contributed by atoms with Gasteiger partial charge in [0.15, 0.2) is 0 Å². The van der Waals surface area contributed by atoms with Crippen LogP contribution in [0, 0.1) is 6.92 Å². The lowest BCUT2D eigenvalue weighted by Crippen LogP contribution is -2.45. The summed E-state index contributed by atoms with van der Waals surface area (Å²) < 4.78 is 0.874. The van der Waals surface area contributed by atoms with E-state index in [9.17, 15) is 14.4 Å². The first-order valence-corrected chi connectivity index (χ1v) is 7.76. The van der Waals surface area contributed by atoms with Crippen LogP contribution in [0.4, 0.5) is 0 Å². The summed E-state index contributed by atoms with van der Waals surface area (Å²) in [4.78, 5) is 36.6. The van der Waals surface area contributed by atoms with Gasteiger partial charge in [0, 0.05) is 16.6 Å². The molecule has 1 atom stereocenters. The van der Waals surface area contributed by atoms with Crippen LogP contribution in [-0.2, 0) is 9.59 Å². The highest BCUT2D eigenvalue weighted by Crippen LogP contribution is 2.18. The molecule has 0 saturated carbocycles. The molecule has 118 valence electrons. The molecule has 0 aliphatic carbocycles. The number of hydrogen-bond donors (Lipinski definition) is 2. The second kappa shape index (κ2) is 6.91. The maximum Gasteiger partial charge on any atom is 0.326 e. The second-order valence-corrected chi connectivity index (χ2v) is 6.14. The van der Waals surface area contributed by atoms with Gasteiger partial charge in [-0.15, -0.1) is 0 Å². The van der Waals surface area contributed by atoms with Crippen molar-refractivity contribution in [3.05, 3.63) is 33.8 Å². The molecule has 2 N–H and O–H groups in total. The Morgan fingerprint density at radius 2 is 2.14 bits per heavy atom. The second-order valence-electron chi connectivity index (χ2n) is 5.23. The van der Waals surface area contributed by atoms with Gasteiger partial charge >= 0.3 is 5.97 Å². The summed E-state index contributed by atoms with van der Waals surface area (Å²) in [6, 6.07) is 4.47. The van der Waals surface area contributed by atoms with Crippen LogP contribution in [0.1, 0.15) is 28.8 Å². The number of benzene rings is 1. The van der Waals surface area contributed by atoms with Crippen LogP contribution in [0.15, 0.2) is 22.7 Å². The minimum absolute atomic E-state index is 0.196. The molecule has 1 aromatic carbocycles. The van der Waals surface area contributed by atoms with Crippen molar-refractivity contribution in [3.63, 3.8) is 0 Å². The zero-order valence-corrected chi connectivity index (χ0v) is 13.7. The molecule has 1 aliphatic rings. The number of nitrogens with zero attached hydrogens (tertiary/aromatic N) is 1. The summed E-state index contributed by atoms with van der Waals surface area (Å²) in [7, 11) is 0. The number of aryl methyl sites for hydroxylation is 1. The van der Waals surface area contributed by atoms with Crippen molar-refractivity contribution in [2.45, 2.75) is 25.8 Å². The van der Waals surface area contributed by atoms with Crippen molar-refractivity contribution < 1.29 is 19.5 Å². The van der Waals surface area contributed by atoms with E-state index in [1.807, 2.05) is 13.0 Å². The predicted molar refractivity (Wildman–Crippen MR) is 83.6 cm³/mol. The molecule has 1 fully saturated rings. The molecule has 0 spiro atoms. The molecule has 1 aromatic rings. The summed E-state index contributed by atoms with van der Waals surface area (Å²) in [5.41, 5.74) is 1.29. The molecule has 0 bridgehead atoms. The molecule has 2 amide bonds. The minimum Gasteiger partial charge on any atom is -0.480 e. The Labute approximate surface area is 136 Å². The summed E-state index contributed by atoms with van der Waals surface area (Å²) in [5, 5.41) is 11.6. The molecule has 1 unspecified atom stereocenters. The lowest BCUT2D eigenvalue weighted by Gasteiger charge is -2.21. The van der Waals surface area contributed by atoms with Gasteiger partial charge in [0.05, 0.1) is 6.54 Å². The zero-order chi connectivity index (χ0) is 16.3. The number of aliphatic carboxylic acids is 1. The Morgan fingerprint density at radius 1 is 1.41 bits per heavy atom. The van der Waals surface area contributed by atoms with E-state index in [1.165, 1.54) is 4.90 Å². The minimum atomic E-state index is -0.999. The van der Waals surface area contributed by atoms with Crippen LogP contribution in [-0.4, -0.2) is 46.9 Å². The summed E-state index contributed by atoms with van der Waals surface area (Å²) in [6.45, 7) is 2.03. The van der Waals surface area contributed by atoms with Crippen LogP contribution < -0.4 is 5.32 Å². The highest BCUT2D eigenvalue weighted by atomic mass is 79.9. The van der Waals surface area contributed by atoms with Crippen LogP contribution in [0.5, 0.6) is 0 Å². The van der Waals surface area contributed by atoms with Crippen molar-refractivity contribution in [3.8, 4) is 0 Å². The number of carbonyl (C=O) groups is 3. The van der Waals surface area contributed by atoms with Gasteiger partial charge in [0.25, 0.3) is 5.91 Å². The number of hydrogen-bond acceptors (Lipinski definition) is 3. The zero-order valence-electron chi connectivity index (χ0n) is 12.1. The third kappa shape index (κ3) is 3.65. The van der Waals surface area contributed by atoms with Crippen molar-refractivity contribution in [1.29, 1.82) is 0 Å². The lowest BCUT2D eigenvalue weighted by molar-refractivity contribution is -0.147. The molecule has 22 heavy (non-hydrogen) atoms. The molecule has 6 nitrogen and oxygen atoms in total. The SMILES string of the molecule is Cc1cc(Br)ccc1C(=O)NCC(=O)N1CCCC1C(=O)O. The van der Waals surface area contributed by atoms with Gasteiger partial charge in [-0.2, -0.15) is 0 Å². The van der Waals surface area contributed by atoms with Gasteiger partial charge in [-0.3, -0.25) is 9.59 Å². The Bertz CT molecular complexity index is 618. The van der Waals surface area contributed by atoms with E-state index in [-0.39, 0.29) is 18.4 Å². The Balaban J connectivity index is 1.96. The van der Waals surface area contributed by atoms with E-state index >= 15 is 0 Å². The van der Waals surface area contributed by atoms with E-state index in [0.717, 1.165) is 10.0 Å². The van der Waals surface area contributed by atoms with Crippen LogP contribution in [0.25, 0.3) is 0 Å². The average Bonchev–Trinajstić information content (AvgIpc) is 2.94. The molecule has 2 rings (SSSR count). The number of nitrogens with one attached hydrogen (secondary N) is 1. The number of rotatable bonds is 4. The third-order valence-corrected chi connectivity index (χ3v) is 4.18. The van der Waals surface area contributed by atoms with E-state index in [0.29, 0.717) is 24.9 Å². The van der Waals surface area contributed by atoms with Crippen molar-refractivity contribution >= 4 is 33.7 Å². The number of likely N-dealkylation sites (tertiary alicyclic amines) is 1. The largest absolute Gasteiger partial charge is 0.480 e. The molecule has 1 heterocycles. The van der Waals surface area contributed by atoms with Crippen LogP contribution in [0.3, 0.4) is 0 Å². The summed E-state index contributed by atoms with van der Waals surface area (Å²) >= 11 is 3.32. The molecule has 0 radical (unpaired) electrons. The maximum atomic E-state index is 12.1. The monoisotopic (exact) mass is 368 g/mol. The quantitative estimate of drug-likeness (QED) is 0.844. The molecular weight excluding hydrogens is 352 g/mol. The van der Waals surface area contributed by atoms with Crippen LogP contribution >= 0.6 is 15.9 Å². The maximum absolute atomic E-state index is 12.1. The summed E-state index contributed by atoms with van der Waals surface area (Å²) in [6.07, 6.45) is 1.13. The molecule has 1 saturated heterocycles. The number of amides is 2. The molecule has 0 aromatic heterocycles. The first-order valence-electron chi connectivity index (χ1n) is 6.97. The van der Waals surface area contributed by atoms with Crippen molar-refractivity contribution in [1.82, 2.24) is 10.2 Å². The Kier molecular flexibility index (Phi) is 5.18. The third-order valence-electron chi connectivity index (χ3n) is 3.69. The first-order chi connectivity index (χ1) is 10.4. The molecular formula is C15H17BrN2O4. The van der Waals surface area contributed by atoms with E-state index in [2.05, 4.69) is 21.2 Å². The van der Waals surface area contributed by atoms with Gasteiger partial charge in [0.1, 0.15) is 6.04 Å². The number of halogens is 1. The van der Waals surface area contributed by atoms with Gasteiger partial charge in [0.2, 0.25) is 5.91 Å². The predicted octanol–water partition coefficient (Wildman–Crippen LogP) is 1.56. The lowest BCUT2D eigenvalue weighted by atomic mass is 10.1. The number of carbonyl (C=O) groups excluding carboxylic acids is 2. The van der Waals surface area contributed by atoms with Crippen molar-refractivity contribution in [2.24, 2.45) is 0 Å². The first kappa shape index (κ1) is 16.5. The average molecular weight is 369 g/mol. The smallest absolute Gasteiger partial charge is 0.326 e. The van der Waals surface area contributed by atoms with Gasteiger partial charge < -0.3 is 15.3 Å². The fraction of sp³-hybridized carbons (Fsp3) is 0.400. The number of carboxylic acid groups (broad SMARTS) is 1. The number of carboxylic acids is 1. The molecule has 7 heteroatoms. The Morgan fingerprint density at radius 3 is 2.77 bits per heavy atom. The fourth-order valence-electron chi connectivity index (χ4n) is 2.56. The van der Waals surface area contributed by atoms with E-state index in [4.69, 9.17) is 5.11 Å². The Hall–Kier alpha value is -1.89. The fourth-order valence-corrected chi connectivity index (χ4v) is 3.03.